The van der Waals surface area contributed by atoms with Gasteiger partial charge in [-0.05, 0) is 50.2 Å². The number of amides is 3. The quantitative estimate of drug-likeness (QED) is 0.512. The molecule has 3 aliphatic heterocycles. The Morgan fingerprint density at radius 2 is 1.83 bits per heavy atom. The molecule has 2 unspecified atom stereocenters. The van der Waals surface area contributed by atoms with E-state index in [0.717, 1.165) is 25.7 Å². The lowest BCUT2D eigenvalue weighted by Gasteiger charge is -2.38. The van der Waals surface area contributed by atoms with Crippen LogP contribution in [0.15, 0.2) is 30.3 Å². The predicted octanol–water partition coefficient (Wildman–Crippen LogP) is 2.86. The third-order valence-corrected chi connectivity index (χ3v) is 8.63. The van der Waals surface area contributed by atoms with Gasteiger partial charge in [-0.2, -0.15) is 0 Å². The zero-order chi connectivity index (χ0) is 25.4. The normalized spacial score (nSPS) is 32.6. The average molecular weight is 498 g/mol. The van der Waals surface area contributed by atoms with Crippen LogP contribution in [0.2, 0.25) is 0 Å². The van der Waals surface area contributed by atoms with Crippen LogP contribution in [0, 0.1) is 17.8 Å². The molecule has 8 nitrogen and oxygen atoms in total. The number of hydrogen-bond acceptors (Lipinski definition) is 5. The van der Waals surface area contributed by atoms with Gasteiger partial charge in [0.15, 0.2) is 0 Å². The molecule has 1 spiro atoms. The molecule has 1 saturated carbocycles. The summed E-state index contributed by atoms with van der Waals surface area (Å²) in [5.41, 5.74) is -0.370. The number of fused-ring (bicyclic) bond motifs is 1. The Kier molecular flexibility index (Phi) is 7.10. The van der Waals surface area contributed by atoms with E-state index in [9.17, 15) is 19.5 Å². The zero-order valence-electron chi connectivity index (χ0n) is 21.3. The number of benzene rings is 1. The van der Waals surface area contributed by atoms with Crippen molar-refractivity contribution in [3.63, 3.8) is 0 Å². The maximum absolute atomic E-state index is 14.1. The Bertz CT molecular complexity index is 979. The first-order valence-corrected chi connectivity index (χ1v) is 13.6. The highest BCUT2D eigenvalue weighted by molar-refractivity contribution is 6.02. The summed E-state index contributed by atoms with van der Waals surface area (Å²) in [6.07, 6.45) is 6.57. The molecule has 36 heavy (non-hydrogen) atoms. The molecule has 1 aromatic rings. The van der Waals surface area contributed by atoms with Gasteiger partial charge in [-0.25, -0.2) is 0 Å². The summed E-state index contributed by atoms with van der Waals surface area (Å²) in [5.74, 6) is -1.87. The fourth-order valence-corrected chi connectivity index (χ4v) is 7.18. The summed E-state index contributed by atoms with van der Waals surface area (Å²) >= 11 is 0. The van der Waals surface area contributed by atoms with Crippen molar-refractivity contribution in [2.75, 3.05) is 11.9 Å². The first kappa shape index (κ1) is 25.2. The van der Waals surface area contributed by atoms with E-state index in [1.165, 1.54) is 6.42 Å². The van der Waals surface area contributed by atoms with Crippen molar-refractivity contribution in [1.82, 2.24) is 10.2 Å². The van der Waals surface area contributed by atoms with E-state index in [0.29, 0.717) is 24.9 Å². The minimum Gasteiger partial charge on any atom is -0.394 e. The summed E-state index contributed by atoms with van der Waals surface area (Å²) < 4.78 is 6.51. The van der Waals surface area contributed by atoms with E-state index in [4.69, 9.17) is 4.74 Å². The number of ether oxygens (including phenoxy) is 1. The van der Waals surface area contributed by atoms with Crippen molar-refractivity contribution in [3.05, 3.63) is 30.3 Å². The van der Waals surface area contributed by atoms with Crippen LogP contribution < -0.4 is 10.6 Å². The summed E-state index contributed by atoms with van der Waals surface area (Å²) in [5, 5.41) is 16.5. The van der Waals surface area contributed by atoms with E-state index >= 15 is 0 Å². The highest BCUT2D eigenvalue weighted by Gasteiger charge is 2.75. The SMILES string of the molecule is CC(C)C[C@H](CO)N1C(=O)[C@@H]2[C@@H](C(=O)Nc3ccccc3)[C@H]3CCC2(O3)C1C(=O)NC1CCCCC1. The largest absolute Gasteiger partial charge is 0.394 e. The summed E-state index contributed by atoms with van der Waals surface area (Å²) in [6, 6.07) is 7.95. The summed E-state index contributed by atoms with van der Waals surface area (Å²) in [6.45, 7) is 3.85. The fraction of sp³-hybridized carbons (Fsp3) is 0.679. The minimum absolute atomic E-state index is 0.0899. The maximum atomic E-state index is 14.1. The molecule has 3 heterocycles. The van der Waals surface area contributed by atoms with Gasteiger partial charge in [0.1, 0.15) is 11.6 Å². The summed E-state index contributed by atoms with van der Waals surface area (Å²) in [4.78, 5) is 43.1. The number of nitrogens with one attached hydrogen (secondary N) is 2. The fourth-order valence-electron chi connectivity index (χ4n) is 7.18. The van der Waals surface area contributed by atoms with Crippen LogP contribution in [-0.2, 0) is 19.1 Å². The predicted molar refractivity (Wildman–Crippen MR) is 135 cm³/mol. The first-order chi connectivity index (χ1) is 17.4. The van der Waals surface area contributed by atoms with E-state index in [-0.39, 0.29) is 36.3 Å². The molecule has 4 fully saturated rings. The van der Waals surface area contributed by atoms with Gasteiger partial charge < -0.3 is 25.4 Å². The Hall–Kier alpha value is -2.45. The van der Waals surface area contributed by atoms with Crippen LogP contribution in [0.25, 0.3) is 0 Å². The highest BCUT2D eigenvalue weighted by Crippen LogP contribution is 2.59. The number of rotatable bonds is 8. The van der Waals surface area contributed by atoms with Crippen LogP contribution in [0.5, 0.6) is 0 Å². The molecular formula is C28H39N3O5. The number of anilines is 1. The molecular weight excluding hydrogens is 458 g/mol. The smallest absolute Gasteiger partial charge is 0.246 e. The second-order valence-electron chi connectivity index (χ2n) is 11.5. The molecule has 3 saturated heterocycles. The monoisotopic (exact) mass is 497 g/mol. The van der Waals surface area contributed by atoms with Crippen molar-refractivity contribution in [2.24, 2.45) is 17.8 Å². The third kappa shape index (κ3) is 4.32. The Morgan fingerprint density at radius 1 is 1.11 bits per heavy atom. The number of likely N-dealkylation sites (tertiary alicyclic amines) is 1. The van der Waals surface area contributed by atoms with E-state index in [1.54, 1.807) is 4.90 Å². The minimum atomic E-state index is -1.04. The number of carbonyl (C=O) groups is 3. The maximum Gasteiger partial charge on any atom is 0.246 e. The van der Waals surface area contributed by atoms with Crippen molar-refractivity contribution in [2.45, 2.75) is 95.0 Å². The molecule has 3 N–H and O–H groups in total. The van der Waals surface area contributed by atoms with Crippen LogP contribution in [0.4, 0.5) is 5.69 Å². The lowest BCUT2D eigenvalue weighted by atomic mass is 9.70. The topological polar surface area (TPSA) is 108 Å². The third-order valence-electron chi connectivity index (χ3n) is 8.63. The molecule has 6 atom stereocenters. The van der Waals surface area contributed by atoms with Crippen molar-refractivity contribution in [3.8, 4) is 0 Å². The van der Waals surface area contributed by atoms with Crippen LogP contribution in [0.1, 0.15) is 65.2 Å². The molecule has 2 bridgehead atoms. The second-order valence-corrected chi connectivity index (χ2v) is 11.5. The highest BCUT2D eigenvalue weighted by atomic mass is 16.5. The molecule has 3 amide bonds. The van der Waals surface area contributed by atoms with Crippen molar-refractivity contribution in [1.29, 1.82) is 0 Å². The molecule has 1 aliphatic carbocycles. The number of hydrogen-bond donors (Lipinski definition) is 3. The van der Waals surface area contributed by atoms with Crippen LogP contribution in [0.3, 0.4) is 0 Å². The number of para-hydroxylation sites is 1. The van der Waals surface area contributed by atoms with Crippen molar-refractivity contribution < 1.29 is 24.2 Å². The molecule has 5 rings (SSSR count). The first-order valence-electron chi connectivity index (χ1n) is 13.6. The van der Waals surface area contributed by atoms with Gasteiger partial charge in [0.25, 0.3) is 0 Å². The standard InChI is InChI=1S/C28H39N3O5/c1-17(2)15-20(16-32)31-24(26(34)30-19-11-7-4-8-12-19)28-14-13-21(36-28)22(23(28)27(31)35)25(33)29-18-9-5-3-6-10-18/h3,5-6,9-10,17,19-24,32H,4,7-8,11-16H2,1-2H3,(H,29,33)(H,30,34)/t20-,21-,22+,23+,24?,28?/m1/s1. The Morgan fingerprint density at radius 3 is 2.50 bits per heavy atom. The zero-order valence-corrected chi connectivity index (χ0v) is 21.3. The number of aliphatic hydroxyl groups excluding tert-OH is 1. The number of nitrogens with zero attached hydrogens (tertiary/aromatic N) is 1. The van der Waals surface area contributed by atoms with Gasteiger partial charge in [0, 0.05) is 11.7 Å². The lowest BCUT2D eigenvalue weighted by Crippen LogP contribution is -2.59. The van der Waals surface area contributed by atoms with E-state index < -0.39 is 35.6 Å². The molecule has 8 heteroatoms. The van der Waals surface area contributed by atoms with Gasteiger partial charge in [-0.3, -0.25) is 14.4 Å². The number of aliphatic hydroxyl groups is 1. The van der Waals surface area contributed by atoms with E-state index in [2.05, 4.69) is 10.6 Å². The molecule has 196 valence electrons. The Labute approximate surface area is 213 Å². The van der Waals surface area contributed by atoms with Crippen molar-refractivity contribution >= 4 is 23.4 Å². The van der Waals surface area contributed by atoms with Gasteiger partial charge in [0.2, 0.25) is 17.7 Å². The van der Waals surface area contributed by atoms with Gasteiger partial charge in [-0.1, -0.05) is 51.3 Å². The molecule has 0 radical (unpaired) electrons. The van der Waals surface area contributed by atoms with E-state index in [1.807, 2.05) is 44.2 Å². The van der Waals surface area contributed by atoms with Crippen LogP contribution >= 0.6 is 0 Å². The Balaban J connectivity index is 1.47. The molecule has 1 aromatic carbocycles. The van der Waals surface area contributed by atoms with Gasteiger partial charge >= 0.3 is 0 Å². The lowest BCUT2D eigenvalue weighted by molar-refractivity contribution is -0.146. The van der Waals surface area contributed by atoms with Crippen LogP contribution in [-0.4, -0.2) is 64.2 Å². The summed E-state index contributed by atoms with van der Waals surface area (Å²) in [7, 11) is 0. The molecule has 4 aliphatic rings. The van der Waals surface area contributed by atoms with Gasteiger partial charge in [-0.15, -0.1) is 0 Å². The second kappa shape index (κ2) is 10.1. The number of carbonyl (C=O) groups excluding carboxylic acids is 3. The average Bonchev–Trinajstić information content (AvgIpc) is 3.51. The molecule has 0 aromatic heterocycles. The van der Waals surface area contributed by atoms with Gasteiger partial charge in [0.05, 0.1) is 30.6 Å².